The van der Waals surface area contributed by atoms with Crippen molar-refractivity contribution in [3.63, 3.8) is 0 Å². The largest absolute Gasteiger partial charge is 0.467 e. The quantitative estimate of drug-likeness (QED) is 0.663. The first-order valence-corrected chi connectivity index (χ1v) is 11.0. The van der Waals surface area contributed by atoms with Gasteiger partial charge in [-0.2, -0.15) is 9.61 Å². The smallest absolute Gasteiger partial charge is 0.411 e. The van der Waals surface area contributed by atoms with Gasteiger partial charge >= 0.3 is 12.1 Å². The van der Waals surface area contributed by atoms with Gasteiger partial charge in [-0.15, -0.1) is 0 Å². The molecule has 1 fully saturated rings. The normalized spacial score (nSPS) is 21.3. The number of amides is 1. The topological polar surface area (TPSA) is 127 Å². The fourth-order valence-corrected chi connectivity index (χ4v) is 4.26. The van der Waals surface area contributed by atoms with Gasteiger partial charge in [-0.1, -0.05) is 0 Å². The van der Waals surface area contributed by atoms with Crippen LogP contribution in [0, 0.1) is 0 Å². The minimum atomic E-state index is -0.696. The minimum absolute atomic E-state index is 0.119. The van der Waals surface area contributed by atoms with Crippen molar-refractivity contribution in [3.05, 3.63) is 29.7 Å². The number of anilines is 1. The summed E-state index contributed by atoms with van der Waals surface area (Å²) in [5.74, 6) is -0.114. The Morgan fingerprint density at radius 3 is 2.67 bits per heavy atom. The second-order valence-electron chi connectivity index (χ2n) is 9.45. The van der Waals surface area contributed by atoms with E-state index >= 15 is 0 Å². The Morgan fingerprint density at radius 1 is 1.27 bits per heavy atom. The number of rotatable bonds is 3. The maximum Gasteiger partial charge on any atom is 0.411 e. The second-order valence-corrected chi connectivity index (χ2v) is 9.45. The Labute approximate surface area is 192 Å². The number of nitrogens with two attached hydrogens (primary N) is 1. The van der Waals surface area contributed by atoms with Gasteiger partial charge in [0.2, 0.25) is 0 Å². The van der Waals surface area contributed by atoms with Crippen molar-refractivity contribution in [1.82, 2.24) is 29.9 Å². The molecule has 0 unspecified atom stereocenters. The molecule has 0 radical (unpaired) electrons. The van der Waals surface area contributed by atoms with Crippen LogP contribution in [0.1, 0.15) is 50.8 Å². The van der Waals surface area contributed by atoms with E-state index in [0.29, 0.717) is 30.9 Å². The maximum absolute atomic E-state index is 12.9. The zero-order valence-corrected chi connectivity index (χ0v) is 19.7. The molecule has 4 rings (SSSR count). The molecule has 2 atom stereocenters. The number of methoxy groups -OCH3 is 1. The highest BCUT2D eigenvalue weighted by atomic mass is 16.6. The van der Waals surface area contributed by atoms with Crippen LogP contribution in [0.4, 0.5) is 10.6 Å². The molecular formula is C22H31N7O4. The summed E-state index contributed by atoms with van der Waals surface area (Å²) < 4.78 is 12.1. The molecule has 2 aliphatic rings. The van der Waals surface area contributed by atoms with E-state index in [1.54, 1.807) is 37.5 Å². The van der Waals surface area contributed by atoms with Gasteiger partial charge in [-0.3, -0.25) is 4.90 Å². The highest BCUT2D eigenvalue weighted by molar-refractivity contribution is 5.82. The van der Waals surface area contributed by atoms with Crippen molar-refractivity contribution >= 4 is 29.1 Å². The van der Waals surface area contributed by atoms with E-state index in [4.69, 9.17) is 20.2 Å². The first-order chi connectivity index (χ1) is 15.6. The van der Waals surface area contributed by atoms with E-state index in [9.17, 15) is 9.59 Å². The van der Waals surface area contributed by atoms with Gasteiger partial charge in [-0.25, -0.2) is 20.0 Å². The van der Waals surface area contributed by atoms with Crippen LogP contribution in [0.3, 0.4) is 0 Å². The van der Waals surface area contributed by atoms with E-state index < -0.39 is 23.7 Å². The third-order valence-corrected chi connectivity index (χ3v) is 5.83. The number of ether oxygens (including phenoxy) is 2. The number of hydrogen-bond donors (Lipinski definition) is 2. The number of esters is 1. The van der Waals surface area contributed by atoms with Gasteiger partial charge in [0.1, 0.15) is 17.5 Å². The number of nitrogen functional groups attached to an aromatic ring is 1. The Bertz CT molecular complexity index is 1100. The number of nitrogens with zero attached hydrogens (tertiary/aromatic N) is 5. The van der Waals surface area contributed by atoms with Crippen molar-refractivity contribution < 1.29 is 19.1 Å². The third-order valence-electron chi connectivity index (χ3n) is 5.83. The number of nitrogens with one attached hydrogen (secondary N) is 1. The SMILES string of the molecule is COC(=O)[C@@H]1CC[C@H](c2cc(N)n3ncc(C4=CN(C)NC4)c3n2)CN1C(=O)OC(C)(C)C. The molecule has 0 spiro atoms. The van der Waals surface area contributed by atoms with Crippen LogP contribution in [0.25, 0.3) is 11.2 Å². The van der Waals surface area contributed by atoms with Crippen molar-refractivity contribution in [2.24, 2.45) is 0 Å². The zero-order chi connectivity index (χ0) is 23.9. The molecule has 0 aliphatic carbocycles. The second kappa shape index (κ2) is 8.54. The highest BCUT2D eigenvalue weighted by Gasteiger charge is 2.40. The van der Waals surface area contributed by atoms with Gasteiger partial charge in [0.25, 0.3) is 0 Å². The molecule has 0 aromatic carbocycles. The lowest BCUT2D eigenvalue weighted by atomic mass is 9.90. The molecule has 33 heavy (non-hydrogen) atoms. The monoisotopic (exact) mass is 457 g/mol. The molecule has 2 aromatic rings. The Kier molecular flexibility index (Phi) is 5.91. The van der Waals surface area contributed by atoms with Crippen LogP contribution in [0.2, 0.25) is 0 Å². The Morgan fingerprint density at radius 2 is 2.03 bits per heavy atom. The van der Waals surface area contributed by atoms with Crippen molar-refractivity contribution in [3.8, 4) is 0 Å². The summed E-state index contributed by atoms with van der Waals surface area (Å²) in [5.41, 5.74) is 12.2. The molecule has 2 aromatic heterocycles. The van der Waals surface area contributed by atoms with Crippen molar-refractivity contribution in [2.75, 3.05) is 33.0 Å². The molecule has 2 aliphatic heterocycles. The van der Waals surface area contributed by atoms with E-state index in [-0.39, 0.29) is 12.5 Å². The Balaban J connectivity index is 1.67. The van der Waals surface area contributed by atoms with Gasteiger partial charge < -0.3 is 20.2 Å². The van der Waals surface area contributed by atoms with Crippen LogP contribution < -0.4 is 11.2 Å². The van der Waals surface area contributed by atoms with Gasteiger partial charge in [0.15, 0.2) is 5.65 Å². The summed E-state index contributed by atoms with van der Waals surface area (Å²) in [6, 6.07) is 1.09. The van der Waals surface area contributed by atoms with E-state index in [2.05, 4.69) is 10.5 Å². The zero-order valence-electron chi connectivity index (χ0n) is 19.7. The molecule has 0 bridgehead atoms. The number of carbonyl (C=O) groups excluding carboxylic acids is 2. The van der Waals surface area contributed by atoms with Gasteiger partial charge in [0.05, 0.1) is 19.0 Å². The molecule has 4 heterocycles. The molecule has 0 saturated carbocycles. The predicted octanol–water partition coefficient (Wildman–Crippen LogP) is 1.76. The summed E-state index contributed by atoms with van der Waals surface area (Å²) in [7, 11) is 3.25. The van der Waals surface area contributed by atoms with Gasteiger partial charge in [0, 0.05) is 43.9 Å². The lowest BCUT2D eigenvalue weighted by Gasteiger charge is -2.38. The van der Waals surface area contributed by atoms with E-state index in [1.165, 1.54) is 12.0 Å². The molecule has 178 valence electrons. The van der Waals surface area contributed by atoms with E-state index in [1.807, 2.05) is 18.3 Å². The molecular weight excluding hydrogens is 426 g/mol. The number of fused-ring (bicyclic) bond motifs is 1. The number of hydrazine groups is 1. The van der Waals surface area contributed by atoms with Crippen molar-refractivity contribution in [2.45, 2.75) is 51.2 Å². The highest BCUT2D eigenvalue weighted by Crippen LogP contribution is 2.33. The molecule has 11 nitrogen and oxygen atoms in total. The first kappa shape index (κ1) is 22.8. The third kappa shape index (κ3) is 4.58. The number of aromatic nitrogens is 3. The maximum atomic E-state index is 12.9. The summed E-state index contributed by atoms with van der Waals surface area (Å²) in [4.78, 5) is 31.6. The average molecular weight is 458 g/mol. The number of carbonyl (C=O) groups is 2. The lowest BCUT2D eigenvalue weighted by Crippen LogP contribution is -2.52. The fourth-order valence-electron chi connectivity index (χ4n) is 4.26. The van der Waals surface area contributed by atoms with Crippen LogP contribution in [0.15, 0.2) is 18.5 Å². The number of likely N-dealkylation sites (tertiary alicyclic amines) is 1. The minimum Gasteiger partial charge on any atom is -0.467 e. The number of hydrogen-bond acceptors (Lipinski definition) is 9. The summed E-state index contributed by atoms with van der Waals surface area (Å²) >= 11 is 0. The molecule has 3 N–H and O–H groups in total. The van der Waals surface area contributed by atoms with Crippen LogP contribution in [-0.2, 0) is 14.3 Å². The first-order valence-electron chi connectivity index (χ1n) is 11.0. The molecule has 11 heteroatoms. The Hall–Kier alpha value is -3.34. The van der Waals surface area contributed by atoms with Crippen LogP contribution >= 0.6 is 0 Å². The summed E-state index contributed by atoms with van der Waals surface area (Å²) in [5, 5.41) is 6.29. The van der Waals surface area contributed by atoms with Gasteiger partial charge in [-0.05, 0) is 39.2 Å². The molecule has 1 amide bonds. The summed E-state index contributed by atoms with van der Waals surface area (Å²) in [6.45, 7) is 6.32. The average Bonchev–Trinajstić information content (AvgIpc) is 3.37. The molecule has 1 saturated heterocycles. The van der Waals surface area contributed by atoms with E-state index in [0.717, 1.165) is 16.8 Å². The van der Waals surface area contributed by atoms with Crippen LogP contribution in [0.5, 0.6) is 0 Å². The summed E-state index contributed by atoms with van der Waals surface area (Å²) in [6.07, 6.45) is 4.30. The van der Waals surface area contributed by atoms with Crippen molar-refractivity contribution in [1.29, 1.82) is 0 Å². The predicted molar refractivity (Wildman–Crippen MR) is 122 cm³/mol. The standard InChI is InChI=1S/C22H31N7O4/c1-22(2,3)33-21(31)28-12-13(6-7-17(28)20(30)32-5)16-8-18(23)29-19(26-16)15(10-25-29)14-9-24-27(4)11-14/h8,10-11,13,17,24H,6-7,9,12,23H2,1-5H3/t13-,17-/m0/s1. The lowest BCUT2D eigenvalue weighted by molar-refractivity contribution is -0.148. The fraction of sp³-hybridized carbons (Fsp3) is 0.545. The van der Waals surface area contributed by atoms with Crippen LogP contribution in [-0.4, -0.2) is 75.5 Å². The number of piperidine rings is 1.